The van der Waals surface area contributed by atoms with Crippen molar-refractivity contribution >= 4 is 5.78 Å². The molecule has 2 bridgehead atoms. The lowest BCUT2D eigenvalue weighted by Crippen LogP contribution is -2.50. The molecular formula is C16H17FN2O. The molecule has 4 heteroatoms. The van der Waals surface area contributed by atoms with Crippen LogP contribution in [0.4, 0.5) is 4.39 Å². The molecule has 0 aliphatic carbocycles. The van der Waals surface area contributed by atoms with Crippen LogP contribution in [0.15, 0.2) is 18.2 Å². The molecule has 2 unspecified atom stereocenters. The summed E-state index contributed by atoms with van der Waals surface area (Å²) in [6.45, 7) is 0. The Bertz CT molecular complexity index is 566. The molecular weight excluding hydrogens is 255 g/mol. The van der Waals surface area contributed by atoms with Crippen molar-refractivity contribution in [1.82, 2.24) is 5.32 Å². The summed E-state index contributed by atoms with van der Waals surface area (Å²) >= 11 is 0. The number of nitrogens with one attached hydrogen (secondary N) is 1. The van der Waals surface area contributed by atoms with Crippen molar-refractivity contribution in [2.75, 3.05) is 0 Å². The molecule has 2 aliphatic rings. The Morgan fingerprint density at radius 2 is 2.00 bits per heavy atom. The number of ketones is 1. The summed E-state index contributed by atoms with van der Waals surface area (Å²) in [7, 11) is 0. The van der Waals surface area contributed by atoms with E-state index in [4.69, 9.17) is 5.26 Å². The minimum Gasteiger partial charge on any atom is -0.311 e. The fourth-order valence-corrected chi connectivity index (χ4v) is 3.48. The second kappa shape index (κ2) is 5.34. The second-order valence-electron chi connectivity index (χ2n) is 5.83. The van der Waals surface area contributed by atoms with Crippen LogP contribution in [-0.4, -0.2) is 17.9 Å². The smallest absolute Gasteiger partial charge is 0.169 e. The highest BCUT2D eigenvalue weighted by Crippen LogP contribution is 2.32. The summed E-state index contributed by atoms with van der Waals surface area (Å²) in [5, 5.41) is 12.4. The van der Waals surface area contributed by atoms with Gasteiger partial charge in [-0.25, -0.2) is 4.39 Å². The number of halogens is 1. The first kappa shape index (κ1) is 13.3. The number of hydrogen-bond donors (Lipinski definition) is 1. The Labute approximate surface area is 117 Å². The molecule has 2 aliphatic heterocycles. The standard InChI is InChI=1S/C16H17FN2O/c17-15-5-4-10(9-18)6-14(15)16(20)11-7-12-2-1-3-13(8-11)19-12/h4-6,11-13,19H,1-3,7-8H2. The normalized spacial score (nSPS) is 28.7. The van der Waals surface area contributed by atoms with E-state index in [1.165, 1.54) is 24.6 Å². The number of nitriles is 1. The largest absolute Gasteiger partial charge is 0.311 e. The molecule has 0 saturated carbocycles. The minimum atomic E-state index is -0.516. The van der Waals surface area contributed by atoms with Crippen LogP contribution in [0.25, 0.3) is 0 Å². The van der Waals surface area contributed by atoms with Gasteiger partial charge in [-0.05, 0) is 43.9 Å². The van der Waals surface area contributed by atoms with Gasteiger partial charge in [0.25, 0.3) is 0 Å². The average molecular weight is 272 g/mol. The number of nitrogens with zero attached hydrogens (tertiary/aromatic N) is 1. The molecule has 3 rings (SSSR count). The quantitative estimate of drug-likeness (QED) is 0.842. The number of benzene rings is 1. The number of Topliss-reactive ketones (excluding diaryl/α,β-unsaturated/α-hetero) is 1. The lowest BCUT2D eigenvalue weighted by molar-refractivity contribution is 0.0821. The van der Waals surface area contributed by atoms with Gasteiger partial charge in [-0.3, -0.25) is 4.79 Å². The van der Waals surface area contributed by atoms with E-state index in [-0.39, 0.29) is 17.3 Å². The van der Waals surface area contributed by atoms with Gasteiger partial charge < -0.3 is 5.32 Å². The van der Waals surface area contributed by atoms with Crippen molar-refractivity contribution in [3.63, 3.8) is 0 Å². The lowest BCUT2D eigenvalue weighted by atomic mass is 9.77. The molecule has 1 aromatic carbocycles. The Hall–Kier alpha value is -1.73. The zero-order chi connectivity index (χ0) is 14.1. The van der Waals surface area contributed by atoms with Crippen LogP contribution in [0.5, 0.6) is 0 Å². The molecule has 2 heterocycles. The predicted molar refractivity (Wildman–Crippen MR) is 72.7 cm³/mol. The second-order valence-corrected chi connectivity index (χ2v) is 5.83. The first-order valence-electron chi connectivity index (χ1n) is 7.17. The van der Waals surface area contributed by atoms with Crippen LogP contribution < -0.4 is 5.32 Å². The molecule has 0 amide bonds. The van der Waals surface area contributed by atoms with Crippen molar-refractivity contribution in [2.45, 2.75) is 44.2 Å². The zero-order valence-electron chi connectivity index (χ0n) is 11.2. The maximum atomic E-state index is 13.9. The van der Waals surface area contributed by atoms with Crippen molar-refractivity contribution in [1.29, 1.82) is 5.26 Å². The SMILES string of the molecule is N#Cc1ccc(F)c(C(=O)C2CC3CCCC(C2)N3)c1. The van der Waals surface area contributed by atoms with Gasteiger partial charge in [0.2, 0.25) is 0 Å². The number of carbonyl (C=O) groups is 1. The van der Waals surface area contributed by atoms with Gasteiger partial charge in [-0.2, -0.15) is 5.26 Å². The Balaban J connectivity index is 1.84. The van der Waals surface area contributed by atoms with Crippen LogP contribution in [-0.2, 0) is 0 Å². The molecule has 1 N–H and O–H groups in total. The number of rotatable bonds is 2. The van der Waals surface area contributed by atoms with Crippen LogP contribution in [0.3, 0.4) is 0 Å². The Kier molecular flexibility index (Phi) is 3.54. The number of carbonyl (C=O) groups excluding carboxylic acids is 1. The summed E-state index contributed by atoms with van der Waals surface area (Å²) in [5.41, 5.74) is 0.415. The fourth-order valence-electron chi connectivity index (χ4n) is 3.48. The van der Waals surface area contributed by atoms with Gasteiger partial charge in [-0.1, -0.05) is 6.42 Å². The van der Waals surface area contributed by atoms with Crippen LogP contribution in [0.1, 0.15) is 48.0 Å². The Morgan fingerprint density at radius 1 is 1.30 bits per heavy atom. The number of fused-ring (bicyclic) bond motifs is 2. The van der Waals surface area contributed by atoms with Gasteiger partial charge in [0, 0.05) is 18.0 Å². The third-order valence-electron chi connectivity index (χ3n) is 4.45. The number of piperidine rings is 2. The van der Waals surface area contributed by atoms with Gasteiger partial charge in [0.1, 0.15) is 5.82 Å². The molecule has 104 valence electrons. The minimum absolute atomic E-state index is 0.0778. The topological polar surface area (TPSA) is 52.9 Å². The van der Waals surface area contributed by atoms with Gasteiger partial charge >= 0.3 is 0 Å². The third kappa shape index (κ3) is 2.46. The summed E-state index contributed by atoms with van der Waals surface area (Å²) in [6, 6.07) is 6.74. The Morgan fingerprint density at radius 3 is 2.65 bits per heavy atom. The molecule has 2 fully saturated rings. The highest BCUT2D eigenvalue weighted by atomic mass is 19.1. The summed E-state index contributed by atoms with van der Waals surface area (Å²) in [6.07, 6.45) is 4.97. The van der Waals surface area contributed by atoms with E-state index < -0.39 is 5.82 Å². The lowest BCUT2D eigenvalue weighted by Gasteiger charge is -2.39. The van der Waals surface area contributed by atoms with Crippen molar-refractivity contribution in [2.24, 2.45) is 5.92 Å². The monoisotopic (exact) mass is 272 g/mol. The maximum Gasteiger partial charge on any atom is 0.169 e. The summed E-state index contributed by atoms with van der Waals surface area (Å²) in [5.74, 6) is -0.773. The molecule has 0 spiro atoms. The van der Waals surface area contributed by atoms with Crippen LogP contribution >= 0.6 is 0 Å². The third-order valence-corrected chi connectivity index (χ3v) is 4.45. The molecule has 20 heavy (non-hydrogen) atoms. The highest BCUT2D eigenvalue weighted by molar-refractivity contribution is 5.98. The molecule has 0 aromatic heterocycles. The summed E-state index contributed by atoms with van der Waals surface area (Å²) in [4.78, 5) is 12.5. The number of hydrogen-bond acceptors (Lipinski definition) is 3. The highest BCUT2D eigenvalue weighted by Gasteiger charge is 2.35. The average Bonchev–Trinajstić information content (AvgIpc) is 2.46. The fraction of sp³-hybridized carbons (Fsp3) is 0.500. The van der Waals surface area contributed by atoms with Gasteiger partial charge in [0.05, 0.1) is 17.2 Å². The van der Waals surface area contributed by atoms with E-state index in [2.05, 4.69) is 5.32 Å². The predicted octanol–water partition coefficient (Wildman–Crippen LogP) is 2.80. The molecule has 1 aromatic rings. The molecule has 2 atom stereocenters. The first-order chi connectivity index (χ1) is 9.67. The van der Waals surface area contributed by atoms with Crippen LogP contribution in [0.2, 0.25) is 0 Å². The van der Waals surface area contributed by atoms with Gasteiger partial charge in [0.15, 0.2) is 5.78 Å². The van der Waals surface area contributed by atoms with E-state index in [0.29, 0.717) is 17.6 Å². The van der Waals surface area contributed by atoms with E-state index >= 15 is 0 Å². The molecule has 3 nitrogen and oxygen atoms in total. The van der Waals surface area contributed by atoms with Crippen molar-refractivity contribution in [3.05, 3.63) is 35.1 Å². The first-order valence-corrected chi connectivity index (χ1v) is 7.17. The van der Waals surface area contributed by atoms with E-state index in [1.54, 1.807) is 0 Å². The summed E-state index contributed by atoms with van der Waals surface area (Å²) < 4.78 is 13.9. The van der Waals surface area contributed by atoms with E-state index in [9.17, 15) is 9.18 Å². The molecule has 2 saturated heterocycles. The van der Waals surface area contributed by atoms with Gasteiger partial charge in [-0.15, -0.1) is 0 Å². The molecule has 0 radical (unpaired) electrons. The van der Waals surface area contributed by atoms with Crippen molar-refractivity contribution < 1.29 is 9.18 Å². The maximum absolute atomic E-state index is 13.9. The van der Waals surface area contributed by atoms with Crippen molar-refractivity contribution in [3.8, 4) is 6.07 Å². The van der Waals surface area contributed by atoms with E-state index in [1.807, 2.05) is 6.07 Å². The van der Waals surface area contributed by atoms with Crippen LogP contribution in [0, 0.1) is 23.1 Å². The zero-order valence-corrected chi connectivity index (χ0v) is 11.2. The van der Waals surface area contributed by atoms with E-state index in [0.717, 1.165) is 25.7 Å².